The number of likely N-dealkylation sites (N-methyl/N-ethyl adjacent to an activating group) is 1. The summed E-state index contributed by atoms with van der Waals surface area (Å²) in [5.74, 6) is -0.0437. The molecule has 0 atom stereocenters. The van der Waals surface area contributed by atoms with E-state index >= 15 is 0 Å². The molecular formula is C22H20N2O. The summed E-state index contributed by atoms with van der Waals surface area (Å²) in [4.78, 5) is 18.1. The number of carbonyl (C=O) groups excluding carboxylic acids is 1. The maximum atomic E-state index is 12.2. The average molecular weight is 328 g/mol. The Balaban J connectivity index is 1.61. The van der Waals surface area contributed by atoms with Crippen molar-refractivity contribution in [2.24, 2.45) is 0 Å². The topological polar surface area (TPSA) is 33.2 Å². The van der Waals surface area contributed by atoms with Gasteiger partial charge >= 0.3 is 0 Å². The second-order valence-corrected chi connectivity index (χ2v) is 5.85. The zero-order valence-corrected chi connectivity index (χ0v) is 14.2. The van der Waals surface area contributed by atoms with E-state index in [9.17, 15) is 4.79 Å². The van der Waals surface area contributed by atoms with E-state index in [1.165, 1.54) is 11.1 Å². The summed E-state index contributed by atoms with van der Waals surface area (Å²) in [5.41, 5.74) is 4.24. The molecule has 0 N–H and O–H groups in total. The average Bonchev–Trinajstić information content (AvgIpc) is 2.68. The van der Waals surface area contributed by atoms with Crippen molar-refractivity contribution >= 4 is 12.0 Å². The summed E-state index contributed by atoms with van der Waals surface area (Å²) in [6.07, 6.45) is 5.00. The number of amides is 1. The van der Waals surface area contributed by atoms with E-state index in [1.807, 2.05) is 36.4 Å². The molecule has 0 fully saturated rings. The second kappa shape index (κ2) is 8.06. The molecule has 0 radical (unpaired) electrons. The van der Waals surface area contributed by atoms with Gasteiger partial charge in [0.2, 0.25) is 5.91 Å². The van der Waals surface area contributed by atoms with Crippen molar-refractivity contribution in [1.82, 2.24) is 9.88 Å². The first-order valence-corrected chi connectivity index (χ1v) is 8.21. The van der Waals surface area contributed by atoms with Crippen LogP contribution in [-0.4, -0.2) is 22.8 Å². The molecule has 0 unspecified atom stereocenters. The predicted molar refractivity (Wildman–Crippen MR) is 102 cm³/mol. The molecule has 0 saturated heterocycles. The van der Waals surface area contributed by atoms with Crippen LogP contribution in [0, 0.1) is 0 Å². The third-order valence-electron chi connectivity index (χ3n) is 3.94. The number of hydrogen-bond donors (Lipinski definition) is 0. The molecule has 3 nitrogen and oxygen atoms in total. The lowest BCUT2D eigenvalue weighted by Crippen LogP contribution is -2.24. The number of nitrogens with zero attached hydrogens (tertiary/aromatic N) is 2. The summed E-state index contributed by atoms with van der Waals surface area (Å²) in [6, 6.07) is 24.2. The van der Waals surface area contributed by atoms with Crippen molar-refractivity contribution in [3.63, 3.8) is 0 Å². The number of aromatic nitrogens is 1. The van der Waals surface area contributed by atoms with E-state index in [0.29, 0.717) is 6.54 Å². The zero-order chi connectivity index (χ0) is 17.5. The molecule has 0 saturated carbocycles. The lowest BCUT2D eigenvalue weighted by Gasteiger charge is -2.15. The van der Waals surface area contributed by atoms with Crippen molar-refractivity contribution in [1.29, 1.82) is 0 Å². The number of hydrogen-bond acceptors (Lipinski definition) is 2. The number of rotatable bonds is 5. The Morgan fingerprint density at radius 1 is 0.920 bits per heavy atom. The van der Waals surface area contributed by atoms with Crippen molar-refractivity contribution < 1.29 is 4.79 Å². The van der Waals surface area contributed by atoms with E-state index in [1.54, 1.807) is 30.3 Å². The molecular weight excluding hydrogens is 308 g/mol. The second-order valence-electron chi connectivity index (χ2n) is 5.85. The Kier molecular flexibility index (Phi) is 5.37. The van der Waals surface area contributed by atoms with Crippen LogP contribution in [0.3, 0.4) is 0 Å². The molecule has 3 aromatic rings. The molecule has 124 valence electrons. The van der Waals surface area contributed by atoms with Crippen LogP contribution in [0.4, 0.5) is 0 Å². The predicted octanol–water partition coefficient (Wildman–Crippen LogP) is 4.42. The van der Waals surface area contributed by atoms with Gasteiger partial charge in [-0.1, -0.05) is 60.7 Å². The smallest absolute Gasteiger partial charge is 0.246 e. The maximum Gasteiger partial charge on any atom is 0.246 e. The van der Waals surface area contributed by atoms with Crippen molar-refractivity contribution in [2.75, 3.05) is 7.05 Å². The van der Waals surface area contributed by atoms with Crippen LogP contribution in [0.1, 0.15) is 11.3 Å². The van der Waals surface area contributed by atoms with Crippen LogP contribution in [-0.2, 0) is 11.3 Å². The Morgan fingerprint density at radius 2 is 1.60 bits per heavy atom. The summed E-state index contributed by atoms with van der Waals surface area (Å²) >= 11 is 0. The van der Waals surface area contributed by atoms with Crippen molar-refractivity contribution in [3.8, 4) is 11.1 Å². The van der Waals surface area contributed by atoms with Gasteiger partial charge in [0.15, 0.2) is 0 Å². The number of benzene rings is 2. The summed E-state index contributed by atoms with van der Waals surface area (Å²) in [5, 5.41) is 0. The van der Waals surface area contributed by atoms with Gasteiger partial charge < -0.3 is 4.90 Å². The van der Waals surface area contributed by atoms with Gasteiger partial charge in [-0.05, 0) is 34.9 Å². The van der Waals surface area contributed by atoms with E-state index in [-0.39, 0.29) is 5.91 Å². The highest BCUT2D eigenvalue weighted by atomic mass is 16.2. The Hall–Kier alpha value is -3.20. The Bertz CT molecular complexity index is 840. The van der Waals surface area contributed by atoms with Gasteiger partial charge in [-0.3, -0.25) is 9.78 Å². The van der Waals surface area contributed by atoms with Crippen LogP contribution < -0.4 is 0 Å². The molecule has 3 rings (SSSR count). The molecule has 25 heavy (non-hydrogen) atoms. The van der Waals surface area contributed by atoms with Gasteiger partial charge in [0.1, 0.15) is 0 Å². The lowest BCUT2D eigenvalue weighted by molar-refractivity contribution is -0.125. The summed E-state index contributed by atoms with van der Waals surface area (Å²) < 4.78 is 0. The Labute approximate surface area is 148 Å². The van der Waals surface area contributed by atoms with E-state index in [0.717, 1.165) is 11.3 Å². The first kappa shape index (κ1) is 16.7. The summed E-state index contributed by atoms with van der Waals surface area (Å²) in [6.45, 7) is 0.570. The molecule has 0 bridgehead atoms. The largest absolute Gasteiger partial charge is 0.338 e. The quantitative estimate of drug-likeness (QED) is 0.650. The molecule has 0 aliphatic rings. The fourth-order valence-electron chi connectivity index (χ4n) is 2.54. The molecule has 3 heteroatoms. The van der Waals surface area contributed by atoms with Gasteiger partial charge in [0.25, 0.3) is 0 Å². The monoisotopic (exact) mass is 328 g/mol. The fraction of sp³-hybridized carbons (Fsp3) is 0.0909. The van der Waals surface area contributed by atoms with Crippen LogP contribution in [0.25, 0.3) is 17.2 Å². The van der Waals surface area contributed by atoms with E-state index in [4.69, 9.17) is 0 Å². The van der Waals surface area contributed by atoms with E-state index in [2.05, 4.69) is 41.4 Å². The highest BCUT2D eigenvalue weighted by molar-refractivity contribution is 5.91. The number of carbonyl (C=O) groups is 1. The minimum absolute atomic E-state index is 0.0437. The van der Waals surface area contributed by atoms with Gasteiger partial charge in [0, 0.05) is 25.9 Å². The first-order chi connectivity index (χ1) is 12.2. The zero-order valence-electron chi connectivity index (χ0n) is 14.2. The molecule has 0 aliphatic heterocycles. The lowest BCUT2D eigenvalue weighted by atomic mass is 10.0. The van der Waals surface area contributed by atoms with Gasteiger partial charge in [0.05, 0.1) is 5.69 Å². The van der Waals surface area contributed by atoms with Crippen LogP contribution in [0.2, 0.25) is 0 Å². The van der Waals surface area contributed by atoms with Crippen molar-refractivity contribution in [3.05, 3.63) is 96.3 Å². The SMILES string of the molecule is CN(Cc1ccc(-c2ccccc2)cc1)C(=O)/C=C/c1ccccn1. The molecule has 0 spiro atoms. The minimum atomic E-state index is -0.0437. The first-order valence-electron chi connectivity index (χ1n) is 8.21. The van der Waals surface area contributed by atoms with Gasteiger partial charge in [-0.25, -0.2) is 0 Å². The third-order valence-corrected chi connectivity index (χ3v) is 3.94. The molecule has 1 amide bonds. The highest BCUT2D eigenvalue weighted by Crippen LogP contribution is 2.19. The maximum absolute atomic E-state index is 12.2. The molecule has 0 aliphatic carbocycles. The van der Waals surface area contributed by atoms with Crippen molar-refractivity contribution in [2.45, 2.75) is 6.54 Å². The molecule has 1 aromatic heterocycles. The molecule has 1 heterocycles. The highest BCUT2D eigenvalue weighted by Gasteiger charge is 2.06. The molecule has 2 aromatic carbocycles. The fourth-order valence-corrected chi connectivity index (χ4v) is 2.54. The van der Waals surface area contributed by atoms with Gasteiger partial charge in [-0.2, -0.15) is 0 Å². The van der Waals surface area contributed by atoms with Crippen LogP contribution in [0.15, 0.2) is 85.1 Å². The van der Waals surface area contributed by atoms with E-state index < -0.39 is 0 Å². The minimum Gasteiger partial charge on any atom is -0.338 e. The van der Waals surface area contributed by atoms with Gasteiger partial charge in [-0.15, -0.1) is 0 Å². The van der Waals surface area contributed by atoms with Crippen LogP contribution in [0.5, 0.6) is 0 Å². The normalized spacial score (nSPS) is 10.8. The number of pyridine rings is 1. The third kappa shape index (κ3) is 4.64. The Morgan fingerprint density at radius 3 is 2.28 bits per heavy atom. The standard InChI is InChI=1S/C22H20N2O/c1-24(22(25)15-14-21-9-5-6-16-23-21)17-18-10-12-20(13-11-18)19-7-3-2-4-8-19/h2-16H,17H2,1H3/b15-14+. The summed E-state index contributed by atoms with van der Waals surface area (Å²) in [7, 11) is 1.80. The van der Waals surface area contributed by atoms with Crippen LogP contribution >= 0.6 is 0 Å².